The van der Waals surface area contributed by atoms with Gasteiger partial charge >= 0.3 is 0 Å². The quantitative estimate of drug-likeness (QED) is 0.689. The molecule has 0 spiro atoms. The van der Waals surface area contributed by atoms with E-state index in [0.29, 0.717) is 12.2 Å². The lowest BCUT2D eigenvalue weighted by atomic mass is 10.1. The van der Waals surface area contributed by atoms with Crippen LogP contribution in [0.1, 0.15) is 25.3 Å². The van der Waals surface area contributed by atoms with Crippen molar-refractivity contribution in [1.29, 1.82) is 0 Å². The second kappa shape index (κ2) is 4.30. The summed E-state index contributed by atoms with van der Waals surface area (Å²) >= 11 is 0. The number of carbonyl (C=O) groups is 1. The minimum Gasteiger partial charge on any atom is -0.486 e. The molecule has 0 N–H and O–H groups in total. The Labute approximate surface area is 89.6 Å². The largest absolute Gasteiger partial charge is 0.486 e. The second-order valence-corrected chi connectivity index (χ2v) is 3.69. The summed E-state index contributed by atoms with van der Waals surface area (Å²) in [7, 11) is 0. The predicted molar refractivity (Wildman–Crippen MR) is 59.2 cm³/mol. The number of hydrogen-bond acceptors (Lipinski definition) is 2. The molecule has 2 heteroatoms. The summed E-state index contributed by atoms with van der Waals surface area (Å²) in [5.74, 6) is 0.624. The summed E-state index contributed by atoms with van der Waals surface area (Å²) in [4.78, 5) is 11.6. The highest BCUT2D eigenvalue weighted by molar-refractivity contribution is 5.99. The van der Waals surface area contributed by atoms with Crippen LogP contribution in [0, 0.1) is 0 Å². The third-order valence-corrected chi connectivity index (χ3v) is 2.53. The number of allylic oxidation sites excluding steroid dienone is 1. The molecule has 1 heterocycles. The first-order chi connectivity index (χ1) is 7.29. The number of benzene rings is 1. The van der Waals surface area contributed by atoms with E-state index in [-0.39, 0.29) is 11.9 Å². The van der Waals surface area contributed by atoms with Gasteiger partial charge in [-0.25, -0.2) is 0 Å². The van der Waals surface area contributed by atoms with Crippen LogP contribution in [0.5, 0.6) is 0 Å². The Kier molecular flexibility index (Phi) is 2.86. The normalized spacial score (nSPS) is 23.1. The zero-order valence-electron chi connectivity index (χ0n) is 8.77. The standard InChI is InChI=1S/C13H14O2/c1-2-11-9-12(14)13(15-11)8-10-6-4-3-5-7-10/h3-8,11H,2,9H2,1H3/b13-8+/t11-/m0/s1. The minimum atomic E-state index is 0.0764. The summed E-state index contributed by atoms with van der Waals surface area (Å²) in [6.07, 6.45) is 3.30. The molecule has 1 aromatic rings. The molecule has 1 aromatic carbocycles. The first kappa shape index (κ1) is 9.97. The number of ether oxygens (including phenoxy) is 1. The van der Waals surface area contributed by atoms with Crippen LogP contribution in [0.2, 0.25) is 0 Å². The van der Waals surface area contributed by atoms with E-state index in [0.717, 1.165) is 12.0 Å². The zero-order valence-corrected chi connectivity index (χ0v) is 8.77. The van der Waals surface area contributed by atoms with Crippen molar-refractivity contribution in [2.45, 2.75) is 25.9 Å². The van der Waals surface area contributed by atoms with Gasteiger partial charge in [0, 0.05) is 0 Å². The van der Waals surface area contributed by atoms with E-state index in [1.807, 2.05) is 43.3 Å². The Hall–Kier alpha value is -1.57. The summed E-state index contributed by atoms with van der Waals surface area (Å²) in [5, 5.41) is 0. The van der Waals surface area contributed by atoms with Crippen molar-refractivity contribution < 1.29 is 9.53 Å². The lowest BCUT2D eigenvalue weighted by Crippen LogP contribution is -2.00. The summed E-state index contributed by atoms with van der Waals surface area (Å²) in [6.45, 7) is 2.03. The minimum absolute atomic E-state index is 0.0764. The Balaban J connectivity index is 2.18. The van der Waals surface area contributed by atoms with Crippen molar-refractivity contribution in [2.24, 2.45) is 0 Å². The molecule has 1 saturated heterocycles. The molecule has 0 radical (unpaired) electrons. The smallest absolute Gasteiger partial charge is 0.201 e. The van der Waals surface area contributed by atoms with Crippen LogP contribution < -0.4 is 0 Å². The topological polar surface area (TPSA) is 26.3 Å². The Bertz CT molecular complexity index is 379. The van der Waals surface area contributed by atoms with Crippen LogP contribution in [-0.2, 0) is 9.53 Å². The van der Waals surface area contributed by atoms with Gasteiger partial charge in [-0.3, -0.25) is 4.79 Å². The van der Waals surface area contributed by atoms with Crippen LogP contribution >= 0.6 is 0 Å². The fourth-order valence-electron chi connectivity index (χ4n) is 1.64. The van der Waals surface area contributed by atoms with Gasteiger partial charge < -0.3 is 4.74 Å². The number of carbonyl (C=O) groups excluding carboxylic acids is 1. The molecule has 2 nitrogen and oxygen atoms in total. The van der Waals surface area contributed by atoms with E-state index in [4.69, 9.17) is 4.74 Å². The second-order valence-electron chi connectivity index (χ2n) is 3.69. The first-order valence-corrected chi connectivity index (χ1v) is 5.26. The van der Waals surface area contributed by atoms with Gasteiger partial charge in [-0.1, -0.05) is 37.3 Å². The summed E-state index contributed by atoms with van der Waals surface area (Å²) < 4.78 is 5.54. The fraction of sp³-hybridized carbons (Fsp3) is 0.308. The third-order valence-electron chi connectivity index (χ3n) is 2.53. The molecule has 0 saturated carbocycles. The van der Waals surface area contributed by atoms with Crippen LogP contribution in [0.4, 0.5) is 0 Å². The molecule has 2 rings (SSSR count). The van der Waals surface area contributed by atoms with Crippen LogP contribution in [-0.4, -0.2) is 11.9 Å². The zero-order chi connectivity index (χ0) is 10.7. The van der Waals surface area contributed by atoms with Crippen molar-refractivity contribution in [3.05, 3.63) is 41.7 Å². The Morgan fingerprint density at radius 3 is 2.73 bits per heavy atom. The summed E-state index contributed by atoms with van der Waals surface area (Å²) in [5.41, 5.74) is 1.01. The van der Waals surface area contributed by atoms with Crippen molar-refractivity contribution in [3.8, 4) is 0 Å². The first-order valence-electron chi connectivity index (χ1n) is 5.26. The van der Waals surface area contributed by atoms with Crippen molar-refractivity contribution >= 4 is 11.9 Å². The highest BCUT2D eigenvalue weighted by Gasteiger charge is 2.27. The van der Waals surface area contributed by atoms with Crippen molar-refractivity contribution in [3.63, 3.8) is 0 Å². The van der Waals surface area contributed by atoms with Gasteiger partial charge in [0.25, 0.3) is 0 Å². The van der Waals surface area contributed by atoms with E-state index < -0.39 is 0 Å². The van der Waals surface area contributed by atoms with Gasteiger partial charge in [0.2, 0.25) is 5.78 Å². The van der Waals surface area contributed by atoms with Gasteiger partial charge in [0.05, 0.1) is 6.42 Å². The SMILES string of the molecule is CC[C@H]1CC(=O)/C(=C\c2ccccc2)O1. The number of rotatable bonds is 2. The van der Waals surface area contributed by atoms with Crippen LogP contribution in [0.3, 0.4) is 0 Å². The highest BCUT2D eigenvalue weighted by atomic mass is 16.5. The van der Waals surface area contributed by atoms with Crippen LogP contribution in [0.15, 0.2) is 36.1 Å². The molecule has 15 heavy (non-hydrogen) atoms. The molecule has 0 aromatic heterocycles. The molecule has 0 bridgehead atoms. The van der Waals surface area contributed by atoms with Gasteiger partial charge in [-0.2, -0.15) is 0 Å². The van der Waals surface area contributed by atoms with Crippen molar-refractivity contribution in [1.82, 2.24) is 0 Å². The van der Waals surface area contributed by atoms with E-state index in [2.05, 4.69) is 0 Å². The van der Waals surface area contributed by atoms with Crippen LogP contribution in [0.25, 0.3) is 6.08 Å². The summed E-state index contributed by atoms with van der Waals surface area (Å²) in [6, 6.07) is 9.77. The highest BCUT2D eigenvalue weighted by Crippen LogP contribution is 2.23. The number of ketones is 1. The molecule has 1 fully saturated rings. The molecule has 1 atom stereocenters. The van der Waals surface area contributed by atoms with Gasteiger partial charge in [-0.05, 0) is 18.1 Å². The van der Waals surface area contributed by atoms with E-state index in [9.17, 15) is 4.79 Å². The predicted octanol–water partition coefficient (Wildman–Crippen LogP) is 2.80. The molecule has 0 aliphatic carbocycles. The van der Waals surface area contributed by atoms with Gasteiger partial charge in [0.15, 0.2) is 5.76 Å². The van der Waals surface area contributed by atoms with Crippen molar-refractivity contribution in [2.75, 3.05) is 0 Å². The molecule has 1 aliphatic rings. The average Bonchev–Trinajstić information content (AvgIpc) is 2.61. The molecular weight excluding hydrogens is 188 g/mol. The Morgan fingerprint density at radius 1 is 1.40 bits per heavy atom. The van der Waals surface area contributed by atoms with Gasteiger partial charge in [-0.15, -0.1) is 0 Å². The monoisotopic (exact) mass is 202 g/mol. The number of hydrogen-bond donors (Lipinski definition) is 0. The lowest BCUT2D eigenvalue weighted by molar-refractivity contribution is -0.115. The molecule has 1 aliphatic heterocycles. The maximum Gasteiger partial charge on any atom is 0.201 e. The molecule has 0 amide bonds. The average molecular weight is 202 g/mol. The maximum atomic E-state index is 11.6. The van der Waals surface area contributed by atoms with E-state index in [1.165, 1.54) is 0 Å². The van der Waals surface area contributed by atoms with Gasteiger partial charge in [0.1, 0.15) is 6.10 Å². The fourth-order valence-corrected chi connectivity index (χ4v) is 1.64. The molecule has 78 valence electrons. The number of Topliss-reactive ketones (excluding diaryl/α,β-unsaturated/α-hetero) is 1. The van der Waals surface area contributed by atoms with E-state index in [1.54, 1.807) is 0 Å². The lowest BCUT2D eigenvalue weighted by Gasteiger charge is -2.04. The molecular formula is C13H14O2. The maximum absolute atomic E-state index is 11.6. The van der Waals surface area contributed by atoms with E-state index >= 15 is 0 Å². The Morgan fingerprint density at radius 2 is 2.13 bits per heavy atom. The third kappa shape index (κ3) is 2.27. The molecule has 0 unspecified atom stereocenters.